The first kappa shape index (κ1) is 11.3. The van der Waals surface area contributed by atoms with Crippen LogP contribution in [0.4, 0.5) is 0 Å². The molecule has 2 aromatic rings. The first-order valence-electron chi connectivity index (χ1n) is 5.28. The van der Waals surface area contributed by atoms with Crippen LogP contribution >= 0.6 is 0 Å². The van der Waals surface area contributed by atoms with Crippen molar-refractivity contribution in [2.45, 2.75) is 19.5 Å². The molecule has 1 N–H and O–H groups in total. The first-order chi connectivity index (χ1) is 8.25. The number of imidazole rings is 1. The number of nitrogens with one attached hydrogen (secondary N) is 1. The van der Waals surface area contributed by atoms with Gasteiger partial charge < -0.3 is 9.88 Å². The number of hydrogen-bond donors (Lipinski definition) is 1. The number of amides is 1. The number of aromatic nitrogens is 4. The van der Waals surface area contributed by atoms with E-state index in [1.807, 2.05) is 17.7 Å². The van der Waals surface area contributed by atoms with E-state index >= 15 is 0 Å². The Kier molecular flexibility index (Phi) is 3.44. The number of carbonyl (C=O) groups excluding carboxylic acids is 1. The van der Waals surface area contributed by atoms with Crippen LogP contribution in [0.15, 0.2) is 37.3 Å². The average molecular weight is 231 g/mol. The van der Waals surface area contributed by atoms with Gasteiger partial charge in [-0.25, -0.2) is 9.97 Å². The maximum atomic E-state index is 11.7. The van der Waals surface area contributed by atoms with E-state index in [4.69, 9.17) is 0 Å². The summed E-state index contributed by atoms with van der Waals surface area (Å²) in [5, 5.41) is 2.84. The van der Waals surface area contributed by atoms with Crippen molar-refractivity contribution in [3.63, 3.8) is 0 Å². The molecule has 1 atom stereocenters. The lowest BCUT2D eigenvalue weighted by Crippen LogP contribution is -2.35. The highest BCUT2D eigenvalue weighted by atomic mass is 16.1. The van der Waals surface area contributed by atoms with Gasteiger partial charge in [-0.15, -0.1) is 0 Å². The largest absolute Gasteiger partial charge is 0.346 e. The molecule has 2 heterocycles. The first-order valence-corrected chi connectivity index (χ1v) is 5.28. The van der Waals surface area contributed by atoms with Crippen molar-refractivity contribution in [1.29, 1.82) is 0 Å². The highest BCUT2D eigenvalue weighted by Crippen LogP contribution is 1.95. The third-order valence-corrected chi connectivity index (χ3v) is 2.22. The van der Waals surface area contributed by atoms with Gasteiger partial charge in [0.1, 0.15) is 5.69 Å². The summed E-state index contributed by atoms with van der Waals surface area (Å²) in [6.45, 7) is 2.60. The fourth-order valence-corrected chi connectivity index (χ4v) is 1.47. The predicted molar refractivity (Wildman–Crippen MR) is 61.2 cm³/mol. The summed E-state index contributed by atoms with van der Waals surface area (Å²) in [4.78, 5) is 23.5. The van der Waals surface area contributed by atoms with E-state index in [1.54, 1.807) is 12.5 Å². The van der Waals surface area contributed by atoms with Gasteiger partial charge in [0.05, 0.1) is 12.5 Å². The van der Waals surface area contributed by atoms with E-state index in [2.05, 4.69) is 20.3 Å². The molecule has 6 nitrogen and oxygen atoms in total. The SMILES string of the molecule is C[C@@H](Cn1ccnc1)NC(=O)c1cnccn1. The van der Waals surface area contributed by atoms with E-state index in [0.29, 0.717) is 12.2 Å². The molecule has 0 aliphatic carbocycles. The Morgan fingerprint density at radius 2 is 2.29 bits per heavy atom. The van der Waals surface area contributed by atoms with Crippen LogP contribution in [0, 0.1) is 0 Å². The van der Waals surface area contributed by atoms with Crippen LogP contribution in [0.2, 0.25) is 0 Å². The van der Waals surface area contributed by atoms with Crippen molar-refractivity contribution in [2.75, 3.05) is 0 Å². The summed E-state index contributed by atoms with van der Waals surface area (Å²) in [5.74, 6) is -0.217. The van der Waals surface area contributed by atoms with Gasteiger partial charge in [-0.2, -0.15) is 0 Å². The lowest BCUT2D eigenvalue weighted by molar-refractivity contribution is 0.0931. The molecular weight excluding hydrogens is 218 g/mol. The second kappa shape index (κ2) is 5.20. The molecule has 6 heteroatoms. The van der Waals surface area contributed by atoms with E-state index < -0.39 is 0 Å². The predicted octanol–water partition coefficient (Wildman–Crippen LogP) is 0.492. The zero-order valence-electron chi connectivity index (χ0n) is 9.45. The van der Waals surface area contributed by atoms with Crippen LogP contribution in [0.1, 0.15) is 17.4 Å². The number of hydrogen-bond acceptors (Lipinski definition) is 4. The van der Waals surface area contributed by atoms with Gasteiger partial charge in [0.15, 0.2) is 0 Å². The second-order valence-electron chi connectivity index (χ2n) is 3.72. The standard InChI is InChI=1S/C11H13N5O/c1-9(7-16-5-4-13-8-16)15-11(17)10-6-12-2-3-14-10/h2-6,8-9H,7H2,1H3,(H,15,17)/t9-/m0/s1. The van der Waals surface area contributed by atoms with E-state index in [1.165, 1.54) is 18.6 Å². The minimum Gasteiger partial charge on any atom is -0.346 e. The maximum absolute atomic E-state index is 11.7. The molecule has 88 valence electrons. The Morgan fingerprint density at radius 3 is 2.94 bits per heavy atom. The molecule has 0 aliphatic rings. The van der Waals surface area contributed by atoms with Crippen molar-refractivity contribution >= 4 is 5.91 Å². The van der Waals surface area contributed by atoms with Gasteiger partial charge in [-0.3, -0.25) is 9.78 Å². The molecule has 1 amide bonds. The fraction of sp³-hybridized carbons (Fsp3) is 0.273. The summed E-state index contributed by atoms with van der Waals surface area (Å²) >= 11 is 0. The van der Waals surface area contributed by atoms with Crippen LogP contribution in [0.5, 0.6) is 0 Å². The summed E-state index contributed by atoms with van der Waals surface area (Å²) < 4.78 is 1.90. The Labute approximate surface area is 98.7 Å². The topological polar surface area (TPSA) is 72.7 Å². The van der Waals surface area contributed by atoms with Crippen molar-refractivity contribution in [1.82, 2.24) is 24.8 Å². The summed E-state index contributed by atoms with van der Waals surface area (Å²) in [6.07, 6.45) is 9.74. The zero-order valence-corrected chi connectivity index (χ0v) is 9.45. The van der Waals surface area contributed by atoms with Crippen molar-refractivity contribution in [2.24, 2.45) is 0 Å². The molecule has 0 saturated heterocycles. The molecular formula is C11H13N5O. The van der Waals surface area contributed by atoms with Gasteiger partial charge in [-0.05, 0) is 6.92 Å². The van der Waals surface area contributed by atoms with Crippen molar-refractivity contribution < 1.29 is 4.79 Å². The highest BCUT2D eigenvalue weighted by molar-refractivity contribution is 5.92. The minimum atomic E-state index is -0.217. The smallest absolute Gasteiger partial charge is 0.271 e. The molecule has 0 spiro atoms. The van der Waals surface area contributed by atoms with Crippen LogP contribution < -0.4 is 5.32 Å². The molecule has 2 aromatic heterocycles. The normalized spacial score (nSPS) is 12.1. The van der Waals surface area contributed by atoms with Gasteiger partial charge in [-0.1, -0.05) is 0 Å². The monoisotopic (exact) mass is 231 g/mol. The van der Waals surface area contributed by atoms with E-state index in [0.717, 1.165) is 0 Å². The Bertz CT molecular complexity index is 468. The van der Waals surface area contributed by atoms with Crippen LogP contribution in [0.25, 0.3) is 0 Å². The van der Waals surface area contributed by atoms with Gasteiger partial charge in [0.2, 0.25) is 0 Å². The third-order valence-electron chi connectivity index (χ3n) is 2.22. The molecule has 0 radical (unpaired) electrons. The average Bonchev–Trinajstić information content (AvgIpc) is 2.82. The lowest BCUT2D eigenvalue weighted by Gasteiger charge is -2.13. The molecule has 2 rings (SSSR count). The second-order valence-corrected chi connectivity index (χ2v) is 3.72. The summed E-state index contributed by atoms with van der Waals surface area (Å²) in [7, 11) is 0. The highest BCUT2D eigenvalue weighted by Gasteiger charge is 2.10. The number of nitrogens with zero attached hydrogens (tertiary/aromatic N) is 4. The van der Waals surface area contributed by atoms with Gasteiger partial charge >= 0.3 is 0 Å². The third kappa shape index (κ3) is 3.10. The quantitative estimate of drug-likeness (QED) is 0.831. The van der Waals surface area contributed by atoms with Crippen molar-refractivity contribution in [3.8, 4) is 0 Å². The number of carbonyl (C=O) groups is 1. The fourth-order valence-electron chi connectivity index (χ4n) is 1.47. The molecule has 0 aliphatic heterocycles. The van der Waals surface area contributed by atoms with Crippen molar-refractivity contribution in [3.05, 3.63) is 43.0 Å². The zero-order chi connectivity index (χ0) is 12.1. The van der Waals surface area contributed by atoms with E-state index in [-0.39, 0.29) is 11.9 Å². The van der Waals surface area contributed by atoms with Crippen LogP contribution in [0.3, 0.4) is 0 Å². The lowest BCUT2D eigenvalue weighted by atomic mass is 10.3. The molecule has 0 unspecified atom stereocenters. The van der Waals surface area contributed by atoms with Crippen LogP contribution in [-0.4, -0.2) is 31.5 Å². The van der Waals surface area contributed by atoms with Crippen LogP contribution in [-0.2, 0) is 6.54 Å². The summed E-state index contributed by atoms with van der Waals surface area (Å²) in [5.41, 5.74) is 0.324. The number of rotatable bonds is 4. The Morgan fingerprint density at radius 1 is 1.41 bits per heavy atom. The van der Waals surface area contributed by atoms with Gasteiger partial charge in [0, 0.05) is 37.4 Å². The molecule has 0 bridgehead atoms. The van der Waals surface area contributed by atoms with E-state index in [9.17, 15) is 4.79 Å². The maximum Gasteiger partial charge on any atom is 0.271 e. The Balaban J connectivity index is 1.91. The molecule has 17 heavy (non-hydrogen) atoms. The molecule has 0 fully saturated rings. The minimum absolute atomic E-state index is 0.00120. The molecule has 0 saturated carbocycles. The summed E-state index contributed by atoms with van der Waals surface area (Å²) in [6, 6.07) is -0.00120. The Hall–Kier alpha value is -2.24. The van der Waals surface area contributed by atoms with Gasteiger partial charge in [0.25, 0.3) is 5.91 Å². The molecule has 0 aromatic carbocycles.